The molecule has 0 unspecified atom stereocenters. The molecule has 0 fully saturated rings. The van der Waals surface area contributed by atoms with Crippen LogP contribution in [0.5, 0.6) is 0 Å². The van der Waals surface area contributed by atoms with E-state index >= 15 is 0 Å². The summed E-state index contributed by atoms with van der Waals surface area (Å²) in [6.45, 7) is 0. The molecule has 0 bridgehead atoms. The van der Waals surface area contributed by atoms with Crippen molar-refractivity contribution >= 4 is 0 Å². The zero-order valence-corrected chi connectivity index (χ0v) is 22.1. The molecule has 24 heavy (non-hydrogen) atoms. The first-order valence-corrected chi connectivity index (χ1v) is 6.96. The van der Waals surface area contributed by atoms with Gasteiger partial charge in [-0.05, 0) is 24.3 Å². The summed E-state index contributed by atoms with van der Waals surface area (Å²) in [4.78, 5) is 0. The SMILES string of the molecule is C(#Cc1ccc(C#Cc2cc[c-]cc2)cc1)c1cc[c-]cc1.[Re].[Rf]. The first kappa shape index (κ1) is 18.5. The van der Waals surface area contributed by atoms with Crippen LogP contribution in [-0.4, -0.2) is 0 Å². The average molecular weight is 730 g/mol. The molecule has 3 rings (SSSR count). The first-order chi connectivity index (χ1) is 10.9. The molecule has 0 spiro atoms. The first-order valence-electron chi connectivity index (χ1n) is 6.96. The van der Waals surface area contributed by atoms with Crippen LogP contribution in [-0.2, 0) is 20.4 Å². The van der Waals surface area contributed by atoms with Gasteiger partial charge in [0.2, 0.25) is 0 Å². The van der Waals surface area contributed by atoms with Gasteiger partial charge in [0.15, 0.2) is 0 Å². The quantitative estimate of drug-likeness (QED) is 0.242. The number of hydrogen-bond donors (Lipinski definition) is 0. The summed E-state index contributed by atoms with van der Waals surface area (Å²) in [7, 11) is 0. The van der Waals surface area contributed by atoms with Crippen molar-refractivity contribution in [2.24, 2.45) is 0 Å². The van der Waals surface area contributed by atoms with E-state index in [0.717, 1.165) is 22.3 Å². The fourth-order valence-electron chi connectivity index (χ4n) is 1.87. The molecule has 0 aliphatic carbocycles. The van der Waals surface area contributed by atoms with Crippen LogP contribution in [0.2, 0.25) is 0 Å². The maximum absolute atomic E-state index is 3.15. The third kappa shape index (κ3) is 5.33. The molecule has 0 amide bonds. The molecule has 0 aliphatic rings. The van der Waals surface area contributed by atoms with Crippen molar-refractivity contribution in [1.29, 1.82) is 0 Å². The van der Waals surface area contributed by atoms with Crippen molar-refractivity contribution in [3.63, 3.8) is 0 Å². The normalized spacial score (nSPS) is 8.33. The number of rotatable bonds is 0. The minimum atomic E-state index is 0. The van der Waals surface area contributed by atoms with Gasteiger partial charge < -0.3 is 0 Å². The Morgan fingerprint density at radius 1 is 0.458 bits per heavy atom. The molecule has 111 valence electrons. The second-order valence-corrected chi connectivity index (χ2v) is 4.65. The summed E-state index contributed by atoms with van der Waals surface area (Å²) in [5.74, 6) is 12.5. The van der Waals surface area contributed by atoms with E-state index in [1.54, 1.807) is 0 Å². The van der Waals surface area contributed by atoms with E-state index in [9.17, 15) is 0 Å². The van der Waals surface area contributed by atoms with E-state index in [4.69, 9.17) is 0 Å². The molecule has 0 saturated heterocycles. The smallest absolute Gasteiger partial charge is 0.0249 e. The van der Waals surface area contributed by atoms with Crippen LogP contribution in [0.15, 0.2) is 72.8 Å². The van der Waals surface area contributed by atoms with Crippen LogP contribution in [0, 0.1) is 35.8 Å². The summed E-state index contributed by atoms with van der Waals surface area (Å²) in [6, 6.07) is 29.2. The Morgan fingerprint density at radius 3 is 1.00 bits per heavy atom. The molecule has 2 heteroatoms. The molecule has 0 nitrogen and oxygen atoms in total. The van der Waals surface area contributed by atoms with Gasteiger partial charge >= 0.3 is 0 Å². The summed E-state index contributed by atoms with van der Waals surface area (Å²) in [6.07, 6.45) is 0. The fourth-order valence-corrected chi connectivity index (χ4v) is 1.87. The summed E-state index contributed by atoms with van der Waals surface area (Å²) in [5.41, 5.74) is 3.94. The molecule has 3 aromatic rings. The second kappa shape index (κ2) is 9.46. The Labute approximate surface area is 151 Å². The van der Waals surface area contributed by atoms with Gasteiger partial charge in [0, 0.05) is 31.5 Å². The Kier molecular flexibility index (Phi) is 7.29. The van der Waals surface area contributed by atoms with E-state index < -0.39 is 0 Å². The molecule has 0 aliphatic heterocycles. The number of hydrogen-bond acceptors (Lipinski definition) is 0. The van der Waals surface area contributed by atoms with Gasteiger partial charge in [-0.2, -0.15) is 60.7 Å². The molecule has 0 heterocycles. The van der Waals surface area contributed by atoms with Gasteiger partial charge in [-0.15, -0.1) is 0 Å². The van der Waals surface area contributed by atoms with Crippen molar-refractivity contribution in [2.75, 3.05) is 0 Å². The van der Waals surface area contributed by atoms with E-state index in [2.05, 4.69) is 35.8 Å². The van der Waals surface area contributed by atoms with Crippen molar-refractivity contribution in [1.82, 2.24) is 0 Å². The maximum Gasteiger partial charge on any atom is 0.0249 e. The van der Waals surface area contributed by atoms with Crippen LogP contribution >= 0.6 is 0 Å². The predicted octanol–water partition coefficient (Wildman–Crippen LogP) is 4.08. The molecule has 0 atom stereocenters. The van der Waals surface area contributed by atoms with Gasteiger partial charge in [0.25, 0.3) is 0 Å². The summed E-state index contributed by atoms with van der Waals surface area (Å²) in [5, 5.41) is 0. The predicted molar refractivity (Wildman–Crippen MR) is 89.0 cm³/mol. The maximum atomic E-state index is 3.15. The van der Waals surface area contributed by atoms with E-state index in [1.165, 1.54) is 0 Å². The van der Waals surface area contributed by atoms with Crippen LogP contribution in [0.1, 0.15) is 22.3 Å². The van der Waals surface area contributed by atoms with Crippen LogP contribution in [0.3, 0.4) is 0 Å². The summed E-state index contributed by atoms with van der Waals surface area (Å²) >= 11 is 0. The molecule has 1 radical (unpaired) electrons. The third-order valence-corrected chi connectivity index (χ3v) is 3.02. The van der Waals surface area contributed by atoms with E-state index in [-0.39, 0.29) is 20.4 Å². The van der Waals surface area contributed by atoms with Crippen molar-refractivity contribution in [3.8, 4) is 23.7 Å². The molecule has 3 aromatic carbocycles. The average Bonchev–Trinajstić information content (AvgIpc) is 2.61. The Bertz CT molecular complexity index is 785. The van der Waals surface area contributed by atoms with Gasteiger partial charge in [-0.3, -0.25) is 0 Å². The topological polar surface area (TPSA) is 0 Å². The monoisotopic (exact) mass is 730 g/mol. The minimum Gasteiger partial charge on any atom is -0.184 e. The molecular formula is C22H12ReRf-2. The Hall–Kier alpha value is -3.56. The zero-order chi connectivity index (χ0) is 15.0. The zero-order valence-electron chi connectivity index (χ0n) is 13.0. The molecule has 0 aromatic heterocycles. The third-order valence-electron chi connectivity index (χ3n) is 3.02. The Balaban J connectivity index is 0.00000144. The van der Waals surface area contributed by atoms with E-state index in [0.29, 0.717) is 0 Å². The van der Waals surface area contributed by atoms with Gasteiger partial charge in [0.05, 0.1) is 0 Å². The van der Waals surface area contributed by atoms with Crippen molar-refractivity contribution in [3.05, 3.63) is 107 Å². The van der Waals surface area contributed by atoms with Crippen LogP contribution < -0.4 is 0 Å². The van der Waals surface area contributed by atoms with Gasteiger partial charge in [-0.1, -0.05) is 34.8 Å². The van der Waals surface area contributed by atoms with Crippen LogP contribution in [0.25, 0.3) is 0 Å². The summed E-state index contributed by atoms with van der Waals surface area (Å²) < 4.78 is 0. The Morgan fingerprint density at radius 2 is 0.708 bits per heavy atom. The second-order valence-electron chi connectivity index (χ2n) is 4.65. The number of benzene rings is 3. The minimum absolute atomic E-state index is 0. The van der Waals surface area contributed by atoms with E-state index in [1.807, 2.05) is 72.8 Å². The van der Waals surface area contributed by atoms with Crippen LogP contribution in [0.4, 0.5) is 0 Å². The van der Waals surface area contributed by atoms with Crippen molar-refractivity contribution in [2.45, 2.75) is 0 Å². The van der Waals surface area contributed by atoms with Gasteiger partial charge in [-0.25, -0.2) is 0 Å². The standard InChI is InChI=1S/C22H12.Re.Rf/c1-3-7-19(8-4-1)11-13-21-15-17-22(18-16-21)14-12-20-9-5-2-6-10-20;;/h3-10,15-18H;;/q-2;;. The molecule has 0 N–H and O–H groups in total. The largest absolute Gasteiger partial charge is 0.184 e. The van der Waals surface area contributed by atoms with Crippen molar-refractivity contribution < 1.29 is 20.4 Å². The molecular weight excluding hydrogens is 717 g/mol. The fraction of sp³-hybridized carbons (Fsp3) is 0. The molecule has 0 saturated carbocycles. The van der Waals surface area contributed by atoms with Gasteiger partial charge in [0.1, 0.15) is 0 Å².